The molecule has 180 valence electrons. The molecule has 5 heteroatoms. The highest BCUT2D eigenvalue weighted by Gasteiger charge is 2.35. The van der Waals surface area contributed by atoms with E-state index < -0.39 is 12.2 Å². The van der Waals surface area contributed by atoms with Crippen molar-refractivity contribution in [1.82, 2.24) is 0 Å². The van der Waals surface area contributed by atoms with Crippen molar-refractivity contribution in [3.63, 3.8) is 0 Å². The van der Waals surface area contributed by atoms with Crippen LogP contribution < -0.4 is 0 Å². The molecule has 0 aromatic heterocycles. The molecule has 2 aliphatic heterocycles. The Hall–Kier alpha value is -2.50. The van der Waals surface area contributed by atoms with Crippen LogP contribution in [-0.2, 0) is 19.1 Å². The Morgan fingerprint density at radius 3 is 2.73 bits per heavy atom. The molecule has 0 spiro atoms. The number of cyclic esters (lactones) is 1. The van der Waals surface area contributed by atoms with Gasteiger partial charge in [0.2, 0.25) is 0 Å². The van der Waals surface area contributed by atoms with Gasteiger partial charge in [-0.25, -0.2) is 4.79 Å². The topological polar surface area (TPSA) is 72.8 Å². The number of hydrogen-bond acceptors (Lipinski definition) is 5. The van der Waals surface area contributed by atoms with Gasteiger partial charge in [-0.2, -0.15) is 0 Å². The van der Waals surface area contributed by atoms with Gasteiger partial charge in [0, 0.05) is 24.8 Å². The van der Waals surface area contributed by atoms with Gasteiger partial charge in [0.1, 0.15) is 11.9 Å². The van der Waals surface area contributed by atoms with Crippen LogP contribution in [-0.4, -0.2) is 41.3 Å². The van der Waals surface area contributed by atoms with Gasteiger partial charge >= 0.3 is 5.97 Å². The van der Waals surface area contributed by atoms with Crippen molar-refractivity contribution in [2.75, 3.05) is 0 Å². The second kappa shape index (κ2) is 13.3. The zero-order chi connectivity index (χ0) is 24.4. The number of hydrogen-bond donors (Lipinski definition) is 1. The lowest BCUT2D eigenvalue weighted by Crippen LogP contribution is -2.43. The van der Waals surface area contributed by atoms with Crippen molar-refractivity contribution >= 4 is 11.8 Å². The fraction of sp³-hybridized carbons (Fsp3) is 0.500. The number of ether oxygens (including phenoxy) is 2. The van der Waals surface area contributed by atoms with Crippen molar-refractivity contribution in [2.24, 2.45) is 11.8 Å². The van der Waals surface area contributed by atoms with Crippen LogP contribution in [0.3, 0.4) is 0 Å². The molecule has 33 heavy (non-hydrogen) atoms. The van der Waals surface area contributed by atoms with E-state index in [-0.39, 0.29) is 36.3 Å². The fourth-order valence-corrected chi connectivity index (χ4v) is 4.05. The summed E-state index contributed by atoms with van der Waals surface area (Å²) in [5, 5.41) is 10.5. The van der Waals surface area contributed by atoms with Crippen molar-refractivity contribution in [1.29, 1.82) is 0 Å². The van der Waals surface area contributed by atoms with Crippen LogP contribution in [0.4, 0.5) is 0 Å². The molecule has 2 heterocycles. The van der Waals surface area contributed by atoms with E-state index in [0.717, 1.165) is 12.0 Å². The number of carbonyl (C=O) groups excluding carboxylic acids is 2. The van der Waals surface area contributed by atoms with Gasteiger partial charge in [0.15, 0.2) is 0 Å². The molecular weight excluding hydrogens is 416 g/mol. The van der Waals surface area contributed by atoms with Crippen LogP contribution in [0.1, 0.15) is 53.9 Å². The number of esters is 1. The summed E-state index contributed by atoms with van der Waals surface area (Å²) >= 11 is 0. The predicted molar refractivity (Wildman–Crippen MR) is 131 cm³/mol. The molecule has 2 aliphatic rings. The summed E-state index contributed by atoms with van der Waals surface area (Å²) in [6, 6.07) is 0. The fourth-order valence-electron chi connectivity index (χ4n) is 4.05. The van der Waals surface area contributed by atoms with E-state index in [0.29, 0.717) is 12.3 Å². The summed E-state index contributed by atoms with van der Waals surface area (Å²) in [5.41, 5.74) is 2.31. The molecule has 1 fully saturated rings. The van der Waals surface area contributed by atoms with Gasteiger partial charge in [0.25, 0.3) is 0 Å². The number of allylic oxidation sites excluding steroid dienone is 7. The van der Waals surface area contributed by atoms with Crippen LogP contribution in [0, 0.1) is 11.8 Å². The molecule has 0 saturated carbocycles. The van der Waals surface area contributed by atoms with Crippen LogP contribution in [0.2, 0.25) is 0 Å². The van der Waals surface area contributed by atoms with Gasteiger partial charge in [0.05, 0.1) is 18.3 Å². The number of aliphatic hydroxyl groups excluding tert-OH is 1. The van der Waals surface area contributed by atoms with Crippen molar-refractivity contribution < 1.29 is 24.2 Å². The van der Waals surface area contributed by atoms with E-state index in [9.17, 15) is 14.7 Å². The van der Waals surface area contributed by atoms with Crippen LogP contribution in [0.5, 0.6) is 0 Å². The average Bonchev–Trinajstić information content (AvgIpc) is 2.75. The Morgan fingerprint density at radius 2 is 2.03 bits per heavy atom. The first-order valence-electron chi connectivity index (χ1n) is 11.8. The van der Waals surface area contributed by atoms with E-state index in [2.05, 4.69) is 19.9 Å². The maximum Gasteiger partial charge on any atom is 0.331 e. The second-order valence-corrected chi connectivity index (χ2v) is 9.08. The zero-order valence-corrected chi connectivity index (χ0v) is 20.4. The summed E-state index contributed by atoms with van der Waals surface area (Å²) < 4.78 is 11.2. The largest absolute Gasteiger partial charge is 0.455 e. The normalized spacial score (nSPS) is 29.3. The summed E-state index contributed by atoms with van der Waals surface area (Å²) in [5.74, 6) is -0.0196. The van der Waals surface area contributed by atoms with E-state index >= 15 is 0 Å². The monoisotopic (exact) mass is 454 g/mol. The molecule has 2 rings (SSSR count). The Labute approximate surface area is 198 Å². The standard InChI is InChI=1S/C28H38O5/c1-6-9-26-22(5)25(30)18-27(33-26)24(29)12-7-10-19(2)16-21(4)17-20(3)14-15-23-11-8-13-28(31)32-23/h6-10,12-15,17,21-24,26-27,29H,11,16,18H2,1-5H3/b9-6+,12-7+,15-14+,19-10+,20-17-/t21?,22-,23+,24?,26-,27-/m0/s1. The highest BCUT2D eigenvalue weighted by molar-refractivity contribution is 5.83. The van der Waals surface area contributed by atoms with E-state index in [1.165, 1.54) is 11.6 Å². The van der Waals surface area contributed by atoms with E-state index in [1.807, 2.05) is 63.3 Å². The highest BCUT2D eigenvalue weighted by atomic mass is 16.5. The third kappa shape index (κ3) is 9.10. The molecule has 0 amide bonds. The molecule has 1 N–H and O–H groups in total. The highest BCUT2D eigenvalue weighted by Crippen LogP contribution is 2.25. The lowest BCUT2D eigenvalue weighted by molar-refractivity contribution is -0.147. The molecular formula is C28H38O5. The molecule has 0 aromatic rings. The first kappa shape index (κ1) is 26.7. The minimum Gasteiger partial charge on any atom is -0.455 e. The molecule has 0 radical (unpaired) electrons. The lowest BCUT2D eigenvalue weighted by atomic mass is 9.89. The van der Waals surface area contributed by atoms with Crippen LogP contribution in [0.25, 0.3) is 0 Å². The number of Topliss-reactive ketones (excluding diaryl/α,β-unsaturated/α-hetero) is 1. The zero-order valence-electron chi connectivity index (χ0n) is 20.4. The first-order chi connectivity index (χ1) is 15.7. The first-order valence-corrected chi connectivity index (χ1v) is 11.8. The number of carbonyl (C=O) groups is 2. The predicted octanol–water partition coefficient (Wildman–Crippen LogP) is 5.19. The number of ketones is 1. The van der Waals surface area contributed by atoms with Gasteiger partial charge in [-0.05, 0) is 39.2 Å². The van der Waals surface area contributed by atoms with Crippen molar-refractivity contribution in [3.8, 4) is 0 Å². The maximum atomic E-state index is 12.2. The van der Waals surface area contributed by atoms with Crippen molar-refractivity contribution in [3.05, 3.63) is 71.9 Å². The van der Waals surface area contributed by atoms with Crippen LogP contribution in [0.15, 0.2) is 71.9 Å². The Morgan fingerprint density at radius 1 is 1.27 bits per heavy atom. The third-order valence-corrected chi connectivity index (χ3v) is 5.84. The summed E-state index contributed by atoms with van der Waals surface area (Å²) in [4.78, 5) is 23.5. The Balaban J connectivity index is 1.85. The van der Waals surface area contributed by atoms with Crippen molar-refractivity contribution in [2.45, 2.75) is 78.3 Å². The Kier molecular flexibility index (Phi) is 10.8. The molecule has 2 unspecified atom stereocenters. The minimum absolute atomic E-state index is 0.122. The molecule has 0 aliphatic carbocycles. The molecule has 6 atom stereocenters. The molecule has 0 bridgehead atoms. The number of rotatable bonds is 9. The Bertz CT molecular complexity index is 858. The average molecular weight is 455 g/mol. The molecule has 1 saturated heterocycles. The smallest absolute Gasteiger partial charge is 0.331 e. The molecule has 0 aromatic carbocycles. The summed E-state index contributed by atoms with van der Waals surface area (Å²) in [7, 11) is 0. The van der Waals surface area contributed by atoms with Gasteiger partial charge < -0.3 is 14.6 Å². The quantitative estimate of drug-likeness (QED) is 0.295. The van der Waals surface area contributed by atoms with Crippen LogP contribution >= 0.6 is 0 Å². The second-order valence-electron chi connectivity index (χ2n) is 9.08. The molecule has 5 nitrogen and oxygen atoms in total. The SMILES string of the molecule is C/C=C/[C@@H]1O[C@H](C(O)/C=C/C=C(\C)CC(C)/C=C(C)\C=C\[C@H]2CC=CC(=O)O2)CC(=O)[C@@H]1C. The van der Waals surface area contributed by atoms with Gasteiger partial charge in [-0.15, -0.1) is 0 Å². The number of aliphatic hydroxyl groups is 1. The van der Waals surface area contributed by atoms with E-state index in [1.54, 1.807) is 6.08 Å². The van der Waals surface area contributed by atoms with E-state index in [4.69, 9.17) is 9.47 Å². The van der Waals surface area contributed by atoms with Gasteiger partial charge in [-0.3, -0.25) is 4.79 Å². The third-order valence-electron chi connectivity index (χ3n) is 5.84. The minimum atomic E-state index is -0.827. The summed E-state index contributed by atoms with van der Waals surface area (Å²) in [6.07, 6.45) is 18.7. The maximum absolute atomic E-state index is 12.2. The lowest BCUT2D eigenvalue weighted by Gasteiger charge is -2.33. The van der Waals surface area contributed by atoms with Gasteiger partial charge in [-0.1, -0.05) is 73.6 Å². The summed E-state index contributed by atoms with van der Waals surface area (Å²) in [6.45, 7) is 10.0.